The Hall–Kier alpha value is -2.44. The fourth-order valence-electron chi connectivity index (χ4n) is 2.18. The first-order chi connectivity index (χ1) is 8.59. The monoisotopic (exact) mass is 243 g/mol. The maximum absolute atomic E-state index is 5.94. The van der Waals surface area contributed by atoms with Gasteiger partial charge in [0.15, 0.2) is 5.65 Å². The van der Waals surface area contributed by atoms with Crippen molar-refractivity contribution in [2.45, 2.75) is 13.8 Å². The van der Waals surface area contributed by atoms with Gasteiger partial charge in [-0.1, -0.05) is 0 Å². The predicted molar refractivity (Wildman–Crippen MR) is 67.8 cm³/mol. The van der Waals surface area contributed by atoms with E-state index in [4.69, 9.17) is 5.73 Å². The summed E-state index contributed by atoms with van der Waals surface area (Å²) < 4.78 is 1.70. The van der Waals surface area contributed by atoms with E-state index < -0.39 is 0 Å². The summed E-state index contributed by atoms with van der Waals surface area (Å²) in [7, 11) is 1.84. The van der Waals surface area contributed by atoms with Crippen LogP contribution in [0.25, 0.3) is 22.3 Å². The number of H-pyrrole nitrogens is 1. The Bertz CT molecular complexity index is 718. The summed E-state index contributed by atoms with van der Waals surface area (Å²) in [6, 6.07) is 0. The second-order valence-electron chi connectivity index (χ2n) is 4.24. The molecule has 18 heavy (non-hydrogen) atoms. The lowest BCUT2D eigenvalue weighted by molar-refractivity contribution is 0.788. The van der Waals surface area contributed by atoms with E-state index in [1.807, 2.05) is 20.9 Å². The van der Waals surface area contributed by atoms with Crippen LogP contribution in [0.15, 0.2) is 6.33 Å². The number of aryl methyl sites for hydroxylation is 3. The van der Waals surface area contributed by atoms with Gasteiger partial charge in [-0.05, 0) is 13.8 Å². The van der Waals surface area contributed by atoms with Gasteiger partial charge in [-0.3, -0.25) is 5.10 Å². The number of anilines is 1. The minimum absolute atomic E-state index is 0.433. The number of hydrogen-bond acceptors (Lipinski definition) is 5. The zero-order valence-electron chi connectivity index (χ0n) is 10.4. The van der Waals surface area contributed by atoms with Crippen molar-refractivity contribution in [2.75, 3.05) is 5.73 Å². The number of aromatic nitrogens is 6. The number of aromatic amines is 1. The molecule has 0 spiro atoms. The lowest BCUT2D eigenvalue weighted by Crippen LogP contribution is -1.95. The molecule has 0 aromatic carbocycles. The second-order valence-corrected chi connectivity index (χ2v) is 4.24. The van der Waals surface area contributed by atoms with Crippen molar-refractivity contribution in [3.05, 3.63) is 17.7 Å². The van der Waals surface area contributed by atoms with Crippen LogP contribution in [-0.2, 0) is 7.05 Å². The Labute approximate surface area is 103 Å². The van der Waals surface area contributed by atoms with Crippen LogP contribution in [0.2, 0.25) is 0 Å². The molecule has 7 heteroatoms. The molecular weight excluding hydrogens is 230 g/mol. The van der Waals surface area contributed by atoms with Gasteiger partial charge in [0.25, 0.3) is 0 Å². The molecule has 3 N–H and O–H groups in total. The van der Waals surface area contributed by atoms with Crippen LogP contribution in [-0.4, -0.2) is 29.9 Å². The SMILES string of the molecule is Cc1n[nH]c(C)c1-c1nn(C)c2ncnc(N)c12. The Morgan fingerprint density at radius 2 is 2.06 bits per heavy atom. The molecule has 0 aliphatic rings. The number of rotatable bonds is 1. The molecule has 92 valence electrons. The van der Waals surface area contributed by atoms with E-state index in [1.165, 1.54) is 6.33 Å². The van der Waals surface area contributed by atoms with Gasteiger partial charge >= 0.3 is 0 Å². The average molecular weight is 243 g/mol. The van der Waals surface area contributed by atoms with Crippen molar-refractivity contribution in [1.29, 1.82) is 0 Å². The van der Waals surface area contributed by atoms with Gasteiger partial charge in [0.05, 0.1) is 11.1 Å². The highest BCUT2D eigenvalue weighted by atomic mass is 15.3. The van der Waals surface area contributed by atoms with Gasteiger partial charge in [0, 0.05) is 18.3 Å². The molecule has 0 aliphatic carbocycles. The summed E-state index contributed by atoms with van der Waals surface area (Å²) in [5, 5.41) is 12.4. The number of nitrogens with two attached hydrogens (primary N) is 1. The van der Waals surface area contributed by atoms with Crippen molar-refractivity contribution < 1.29 is 0 Å². The minimum Gasteiger partial charge on any atom is -0.383 e. The van der Waals surface area contributed by atoms with Crippen LogP contribution in [0, 0.1) is 13.8 Å². The smallest absolute Gasteiger partial charge is 0.163 e. The fraction of sp³-hybridized carbons (Fsp3) is 0.273. The van der Waals surface area contributed by atoms with Crippen molar-refractivity contribution in [3.8, 4) is 11.3 Å². The lowest BCUT2D eigenvalue weighted by Gasteiger charge is -1.99. The third-order valence-corrected chi connectivity index (χ3v) is 3.01. The van der Waals surface area contributed by atoms with Gasteiger partial charge < -0.3 is 5.73 Å². The first kappa shape index (κ1) is 10.7. The first-order valence-corrected chi connectivity index (χ1v) is 5.54. The lowest BCUT2D eigenvalue weighted by atomic mass is 10.1. The second kappa shape index (κ2) is 3.52. The Morgan fingerprint density at radius 3 is 2.72 bits per heavy atom. The minimum atomic E-state index is 0.433. The number of hydrogen-bond donors (Lipinski definition) is 2. The molecule has 3 aromatic rings. The fourth-order valence-corrected chi connectivity index (χ4v) is 2.18. The highest BCUT2D eigenvalue weighted by Gasteiger charge is 2.19. The number of nitrogen functional groups attached to an aromatic ring is 1. The summed E-state index contributed by atoms with van der Waals surface area (Å²) in [5.41, 5.74) is 10.2. The van der Waals surface area contributed by atoms with Gasteiger partial charge in [0.2, 0.25) is 0 Å². The molecule has 3 rings (SSSR count). The maximum Gasteiger partial charge on any atom is 0.163 e. The molecule has 0 unspecified atom stereocenters. The molecule has 0 saturated carbocycles. The Balaban J connectivity index is 2.44. The van der Waals surface area contributed by atoms with Gasteiger partial charge in [-0.25, -0.2) is 14.6 Å². The van der Waals surface area contributed by atoms with E-state index in [0.29, 0.717) is 5.82 Å². The Kier molecular flexibility index (Phi) is 2.09. The van der Waals surface area contributed by atoms with Crippen LogP contribution >= 0.6 is 0 Å². The maximum atomic E-state index is 5.94. The van der Waals surface area contributed by atoms with Gasteiger partial charge in [-0.2, -0.15) is 10.2 Å². The van der Waals surface area contributed by atoms with Crippen molar-refractivity contribution >= 4 is 16.9 Å². The van der Waals surface area contributed by atoms with Crippen LogP contribution in [0.3, 0.4) is 0 Å². The molecule has 0 amide bonds. The summed E-state index contributed by atoms with van der Waals surface area (Å²) in [6.45, 7) is 3.88. The van der Waals surface area contributed by atoms with E-state index in [-0.39, 0.29) is 0 Å². The van der Waals surface area contributed by atoms with Crippen LogP contribution in [0.4, 0.5) is 5.82 Å². The number of fused-ring (bicyclic) bond motifs is 1. The highest BCUT2D eigenvalue weighted by molar-refractivity contribution is 5.99. The van der Waals surface area contributed by atoms with E-state index in [9.17, 15) is 0 Å². The van der Waals surface area contributed by atoms with Crippen molar-refractivity contribution in [3.63, 3.8) is 0 Å². The zero-order chi connectivity index (χ0) is 12.9. The zero-order valence-corrected chi connectivity index (χ0v) is 10.4. The first-order valence-electron chi connectivity index (χ1n) is 5.54. The topological polar surface area (TPSA) is 98.3 Å². The van der Waals surface area contributed by atoms with Gasteiger partial charge in [-0.15, -0.1) is 0 Å². The molecule has 0 saturated heterocycles. The van der Waals surface area contributed by atoms with Crippen LogP contribution < -0.4 is 5.73 Å². The van der Waals surface area contributed by atoms with Crippen LogP contribution in [0.1, 0.15) is 11.4 Å². The average Bonchev–Trinajstić information content (AvgIpc) is 2.82. The summed E-state index contributed by atoms with van der Waals surface area (Å²) in [6.07, 6.45) is 1.44. The molecule has 0 atom stereocenters. The Morgan fingerprint density at radius 1 is 1.28 bits per heavy atom. The van der Waals surface area contributed by atoms with E-state index in [1.54, 1.807) is 4.68 Å². The molecule has 3 aromatic heterocycles. The molecule has 0 fully saturated rings. The van der Waals surface area contributed by atoms with E-state index in [2.05, 4.69) is 25.3 Å². The highest BCUT2D eigenvalue weighted by Crippen LogP contribution is 2.32. The number of nitrogens with zero attached hydrogens (tertiary/aromatic N) is 5. The molecular formula is C11H13N7. The van der Waals surface area contributed by atoms with E-state index >= 15 is 0 Å². The van der Waals surface area contributed by atoms with Crippen LogP contribution in [0.5, 0.6) is 0 Å². The predicted octanol–water partition coefficient (Wildman–Crippen LogP) is 0.952. The molecule has 7 nitrogen and oxygen atoms in total. The summed E-state index contributed by atoms with van der Waals surface area (Å²) in [4.78, 5) is 8.24. The van der Waals surface area contributed by atoms with Crippen molar-refractivity contribution in [2.24, 2.45) is 7.05 Å². The molecule has 0 bridgehead atoms. The normalized spacial score (nSPS) is 11.3. The van der Waals surface area contributed by atoms with E-state index in [0.717, 1.165) is 33.7 Å². The molecule has 3 heterocycles. The third kappa shape index (κ3) is 1.30. The largest absolute Gasteiger partial charge is 0.383 e. The summed E-state index contributed by atoms with van der Waals surface area (Å²) >= 11 is 0. The number of nitrogens with one attached hydrogen (secondary N) is 1. The third-order valence-electron chi connectivity index (χ3n) is 3.01. The van der Waals surface area contributed by atoms with Gasteiger partial charge in [0.1, 0.15) is 17.8 Å². The summed E-state index contributed by atoms with van der Waals surface area (Å²) in [5.74, 6) is 0.433. The molecule has 0 aliphatic heterocycles. The molecule has 0 radical (unpaired) electrons. The standard InChI is InChI=1S/C11H13N7/c1-5-7(6(2)16-15-5)9-8-10(12)13-4-14-11(8)18(3)17-9/h4H,1-3H3,(H,15,16)(H2,12,13,14). The van der Waals surface area contributed by atoms with Crippen molar-refractivity contribution in [1.82, 2.24) is 29.9 Å². The quantitative estimate of drug-likeness (QED) is 0.663.